The monoisotopic (exact) mass is 501 g/mol. The van der Waals surface area contributed by atoms with Gasteiger partial charge in [0.05, 0.1) is 34.1 Å². The minimum absolute atomic E-state index is 0.0317. The van der Waals surface area contributed by atoms with Crippen molar-refractivity contribution in [2.75, 3.05) is 56.8 Å². The molecular weight excluding hydrogens is 477 g/mol. The summed E-state index contributed by atoms with van der Waals surface area (Å²) in [4.78, 5) is 13.6. The summed E-state index contributed by atoms with van der Waals surface area (Å²) < 4.78 is 52.7. The smallest absolute Gasteiger partial charge is 0.335 e. The number of rotatable bonds is 11. The zero-order valence-corrected chi connectivity index (χ0v) is 19.6. The maximum Gasteiger partial charge on any atom is 0.335 e. The van der Waals surface area contributed by atoms with Crippen LogP contribution < -0.4 is 13.9 Å². The standard InChI is InChI=1S/C17H25Cl2N3O6S2/c1-2-21-8-7-20-16-14(21)11-13(17(23)24)12-15(16)22(29(25,26)9-3-5-18)30(27,28)10-4-6-19/h11-12,20H,2-10H2,1H3,(H,23,24). The second kappa shape index (κ2) is 10.3. The van der Waals surface area contributed by atoms with Gasteiger partial charge >= 0.3 is 5.97 Å². The Morgan fingerprint density at radius 2 is 1.70 bits per heavy atom. The third kappa shape index (κ3) is 5.43. The average molecular weight is 502 g/mol. The number of alkyl halides is 2. The van der Waals surface area contributed by atoms with E-state index in [4.69, 9.17) is 23.2 Å². The maximum absolute atomic E-state index is 13.1. The van der Waals surface area contributed by atoms with Crippen LogP contribution in [0.5, 0.6) is 0 Å². The van der Waals surface area contributed by atoms with Gasteiger partial charge in [-0.15, -0.1) is 23.2 Å². The molecule has 0 fully saturated rings. The minimum atomic E-state index is -4.36. The van der Waals surface area contributed by atoms with Crippen LogP contribution in [0.2, 0.25) is 0 Å². The number of carbonyl (C=O) groups is 1. The highest BCUT2D eigenvalue weighted by atomic mass is 35.5. The van der Waals surface area contributed by atoms with Gasteiger partial charge in [-0.2, -0.15) is 3.71 Å². The molecule has 0 spiro atoms. The number of carboxylic acids is 1. The molecule has 30 heavy (non-hydrogen) atoms. The molecule has 0 saturated heterocycles. The number of hydrogen-bond donors (Lipinski definition) is 2. The molecule has 0 radical (unpaired) electrons. The van der Waals surface area contributed by atoms with E-state index >= 15 is 0 Å². The molecule has 13 heteroatoms. The van der Waals surface area contributed by atoms with E-state index in [0.717, 1.165) is 6.07 Å². The van der Waals surface area contributed by atoms with Crippen LogP contribution in [-0.2, 0) is 20.0 Å². The number of carboxylic acid groups (broad SMARTS) is 1. The van der Waals surface area contributed by atoms with Gasteiger partial charge in [0, 0.05) is 31.4 Å². The van der Waals surface area contributed by atoms with Crippen LogP contribution in [-0.4, -0.2) is 70.8 Å². The number of fused-ring (bicyclic) bond motifs is 1. The number of nitrogens with one attached hydrogen (secondary N) is 1. The van der Waals surface area contributed by atoms with Gasteiger partial charge in [-0.1, -0.05) is 0 Å². The Balaban J connectivity index is 2.80. The molecule has 1 aromatic rings. The molecule has 1 aliphatic heterocycles. The Bertz CT molecular complexity index is 947. The lowest BCUT2D eigenvalue weighted by molar-refractivity contribution is 0.0697. The van der Waals surface area contributed by atoms with Gasteiger partial charge in [0.15, 0.2) is 0 Å². The molecule has 0 bridgehead atoms. The van der Waals surface area contributed by atoms with Crippen molar-refractivity contribution in [1.29, 1.82) is 0 Å². The second-order valence-corrected chi connectivity index (χ2v) is 11.5. The highest BCUT2D eigenvalue weighted by Gasteiger charge is 2.37. The first-order chi connectivity index (χ1) is 14.1. The Kier molecular flexibility index (Phi) is 8.49. The summed E-state index contributed by atoms with van der Waals surface area (Å²) in [5.41, 5.74) is 0.254. The van der Waals surface area contributed by atoms with Crippen molar-refractivity contribution in [3.05, 3.63) is 17.7 Å². The summed E-state index contributed by atoms with van der Waals surface area (Å²) in [6.45, 7) is 3.41. The summed E-state index contributed by atoms with van der Waals surface area (Å²) in [7, 11) is -8.72. The first-order valence-electron chi connectivity index (χ1n) is 9.37. The highest BCUT2D eigenvalue weighted by Crippen LogP contribution is 2.41. The number of benzene rings is 1. The molecule has 0 aromatic heterocycles. The van der Waals surface area contributed by atoms with Crippen molar-refractivity contribution in [3.8, 4) is 0 Å². The quantitative estimate of drug-likeness (QED) is 0.442. The molecule has 0 saturated carbocycles. The van der Waals surface area contributed by atoms with E-state index in [0.29, 0.717) is 29.0 Å². The van der Waals surface area contributed by atoms with Crippen molar-refractivity contribution in [2.24, 2.45) is 0 Å². The molecule has 0 unspecified atom stereocenters. The molecule has 0 aliphatic carbocycles. The molecule has 1 heterocycles. The van der Waals surface area contributed by atoms with Crippen molar-refractivity contribution in [2.45, 2.75) is 19.8 Å². The van der Waals surface area contributed by atoms with Gasteiger partial charge in [-0.05, 0) is 31.9 Å². The lowest BCUT2D eigenvalue weighted by atomic mass is 10.1. The molecule has 1 aromatic carbocycles. The summed E-state index contributed by atoms with van der Waals surface area (Å²) >= 11 is 11.3. The average Bonchev–Trinajstić information content (AvgIpc) is 2.69. The van der Waals surface area contributed by atoms with Gasteiger partial charge in [0.1, 0.15) is 0 Å². The number of anilines is 3. The fourth-order valence-corrected chi connectivity index (χ4v) is 7.84. The highest BCUT2D eigenvalue weighted by molar-refractivity contribution is 8.10. The van der Waals surface area contributed by atoms with E-state index in [1.807, 2.05) is 11.8 Å². The molecule has 0 atom stereocenters. The second-order valence-electron chi connectivity index (χ2n) is 6.62. The van der Waals surface area contributed by atoms with Crippen LogP contribution in [0.3, 0.4) is 0 Å². The van der Waals surface area contributed by atoms with Crippen molar-refractivity contribution in [1.82, 2.24) is 0 Å². The number of aromatic carboxylic acids is 1. The molecule has 2 N–H and O–H groups in total. The van der Waals surface area contributed by atoms with Crippen LogP contribution in [0.1, 0.15) is 30.1 Å². The zero-order chi connectivity index (χ0) is 22.5. The number of likely N-dealkylation sites (N-methyl/N-ethyl adjacent to an activating group) is 1. The Morgan fingerprint density at radius 1 is 1.13 bits per heavy atom. The fraction of sp³-hybridized carbons (Fsp3) is 0.588. The van der Waals surface area contributed by atoms with Crippen molar-refractivity contribution in [3.63, 3.8) is 0 Å². The van der Waals surface area contributed by atoms with E-state index in [9.17, 15) is 26.7 Å². The van der Waals surface area contributed by atoms with Crippen LogP contribution in [0.4, 0.5) is 17.1 Å². The third-order valence-corrected chi connectivity index (χ3v) is 9.43. The van der Waals surface area contributed by atoms with E-state index in [-0.39, 0.29) is 41.5 Å². The summed E-state index contributed by atoms with van der Waals surface area (Å²) in [6, 6.07) is 2.48. The van der Waals surface area contributed by atoms with Crippen LogP contribution in [0.25, 0.3) is 0 Å². The lowest BCUT2D eigenvalue weighted by Gasteiger charge is -2.35. The summed E-state index contributed by atoms with van der Waals surface area (Å²) in [5, 5.41) is 12.6. The Morgan fingerprint density at radius 3 is 2.17 bits per heavy atom. The fourth-order valence-electron chi connectivity index (χ4n) is 3.19. The van der Waals surface area contributed by atoms with E-state index in [1.54, 1.807) is 0 Å². The molecule has 1 aliphatic rings. The Hall–Kier alpha value is -1.43. The van der Waals surface area contributed by atoms with Crippen LogP contribution in [0, 0.1) is 0 Å². The Labute approximate surface area is 187 Å². The first-order valence-corrected chi connectivity index (χ1v) is 13.7. The number of sulfonamides is 2. The summed E-state index contributed by atoms with van der Waals surface area (Å²) in [5.74, 6) is -2.23. The van der Waals surface area contributed by atoms with E-state index in [1.165, 1.54) is 6.07 Å². The molecule has 2 rings (SSSR count). The first kappa shape index (κ1) is 24.8. The van der Waals surface area contributed by atoms with Crippen molar-refractivity contribution < 1.29 is 26.7 Å². The van der Waals surface area contributed by atoms with Gasteiger partial charge < -0.3 is 15.3 Å². The minimum Gasteiger partial charge on any atom is -0.478 e. The third-order valence-electron chi connectivity index (χ3n) is 4.52. The number of halogens is 2. The maximum atomic E-state index is 13.1. The molecular formula is C17H25Cl2N3O6S2. The number of nitrogens with zero attached hydrogens (tertiary/aromatic N) is 2. The molecule has 9 nitrogen and oxygen atoms in total. The predicted molar refractivity (Wildman–Crippen MR) is 121 cm³/mol. The van der Waals surface area contributed by atoms with Gasteiger partial charge in [-0.3, -0.25) is 0 Å². The molecule has 170 valence electrons. The van der Waals surface area contributed by atoms with Crippen LogP contribution in [0.15, 0.2) is 12.1 Å². The lowest BCUT2D eigenvalue weighted by Crippen LogP contribution is -2.42. The van der Waals surface area contributed by atoms with E-state index < -0.39 is 37.5 Å². The normalized spacial score (nSPS) is 14.2. The topological polar surface area (TPSA) is 124 Å². The number of hydrogen-bond acceptors (Lipinski definition) is 7. The van der Waals surface area contributed by atoms with Gasteiger partial charge in [0.25, 0.3) is 0 Å². The van der Waals surface area contributed by atoms with Gasteiger partial charge in [-0.25, -0.2) is 21.6 Å². The zero-order valence-electron chi connectivity index (χ0n) is 16.5. The van der Waals surface area contributed by atoms with Crippen molar-refractivity contribution >= 4 is 66.3 Å². The van der Waals surface area contributed by atoms with E-state index in [2.05, 4.69) is 5.32 Å². The largest absolute Gasteiger partial charge is 0.478 e. The SMILES string of the molecule is CCN1CCNc2c1cc(C(=O)O)cc2N(S(=O)(=O)CCCCl)S(=O)(=O)CCCCl. The van der Waals surface area contributed by atoms with Crippen LogP contribution >= 0.6 is 23.2 Å². The van der Waals surface area contributed by atoms with Gasteiger partial charge in [0.2, 0.25) is 20.0 Å². The summed E-state index contributed by atoms with van der Waals surface area (Å²) in [6.07, 6.45) is 0.0848. The predicted octanol–water partition coefficient (Wildman–Crippen LogP) is 2.36. The molecule has 0 amide bonds.